The van der Waals surface area contributed by atoms with Crippen molar-refractivity contribution in [3.8, 4) is 0 Å². The van der Waals surface area contributed by atoms with Crippen LogP contribution in [0.5, 0.6) is 0 Å². The van der Waals surface area contributed by atoms with E-state index in [0.717, 1.165) is 30.0 Å². The second-order valence-corrected chi connectivity index (χ2v) is 4.84. The Morgan fingerprint density at radius 1 is 1.16 bits per heavy atom. The van der Waals surface area contributed by atoms with Crippen molar-refractivity contribution in [3.63, 3.8) is 0 Å². The first-order valence-electron chi connectivity index (χ1n) is 5.47. The number of carboxylic acid groups (broad SMARTS) is 1. The lowest BCUT2D eigenvalue weighted by Crippen LogP contribution is -1.98. The lowest BCUT2D eigenvalue weighted by Gasteiger charge is -2.06. The maximum atomic E-state index is 13.4. The second kappa shape index (κ2) is 5.84. The summed E-state index contributed by atoms with van der Waals surface area (Å²) in [5, 5.41) is 9.01. The SMILES string of the molecule is O=C(O)c1ccccc1SCc1cc(F)ccc1F. The molecule has 0 atom stereocenters. The van der Waals surface area contributed by atoms with Crippen LogP contribution in [0.15, 0.2) is 47.4 Å². The van der Waals surface area contributed by atoms with E-state index in [1.165, 1.54) is 6.07 Å². The van der Waals surface area contributed by atoms with E-state index in [2.05, 4.69) is 0 Å². The first-order valence-corrected chi connectivity index (χ1v) is 6.45. The van der Waals surface area contributed by atoms with E-state index in [0.29, 0.717) is 4.90 Å². The van der Waals surface area contributed by atoms with Crippen molar-refractivity contribution in [1.82, 2.24) is 0 Å². The van der Waals surface area contributed by atoms with Gasteiger partial charge < -0.3 is 5.11 Å². The molecule has 5 heteroatoms. The summed E-state index contributed by atoms with van der Waals surface area (Å²) < 4.78 is 26.4. The Bertz CT molecular complexity index is 614. The summed E-state index contributed by atoms with van der Waals surface area (Å²) in [5.41, 5.74) is 0.370. The molecule has 0 aromatic heterocycles. The number of halogens is 2. The Morgan fingerprint density at radius 3 is 2.63 bits per heavy atom. The van der Waals surface area contributed by atoms with Crippen LogP contribution in [-0.4, -0.2) is 11.1 Å². The molecule has 0 heterocycles. The van der Waals surface area contributed by atoms with Gasteiger partial charge in [-0.25, -0.2) is 13.6 Å². The minimum Gasteiger partial charge on any atom is -0.478 e. The molecule has 0 unspecified atom stereocenters. The van der Waals surface area contributed by atoms with Gasteiger partial charge in [-0.1, -0.05) is 12.1 Å². The molecule has 0 bridgehead atoms. The number of benzene rings is 2. The minimum atomic E-state index is -1.04. The van der Waals surface area contributed by atoms with E-state index in [-0.39, 0.29) is 16.9 Å². The highest BCUT2D eigenvalue weighted by Crippen LogP contribution is 2.27. The van der Waals surface area contributed by atoms with E-state index in [9.17, 15) is 13.6 Å². The number of rotatable bonds is 4. The Balaban J connectivity index is 2.19. The Labute approximate surface area is 113 Å². The molecule has 2 rings (SSSR count). The van der Waals surface area contributed by atoms with Crippen molar-refractivity contribution in [2.24, 2.45) is 0 Å². The highest BCUT2D eigenvalue weighted by atomic mass is 32.2. The normalized spacial score (nSPS) is 10.4. The zero-order chi connectivity index (χ0) is 13.8. The van der Waals surface area contributed by atoms with Crippen molar-refractivity contribution in [1.29, 1.82) is 0 Å². The topological polar surface area (TPSA) is 37.3 Å². The Kier molecular flexibility index (Phi) is 4.16. The summed E-state index contributed by atoms with van der Waals surface area (Å²) in [5.74, 6) is -1.87. The fourth-order valence-corrected chi connectivity index (χ4v) is 2.60. The maximum absolute atomic E-state index is 13.4. The Hall–Kier alpha value is -1.88. The van der Waals surface area contributed by atoms with Crippen molar-refractivity contribution < 1.29 is 18.7 Å². The molecule has 0 saturated carbocycles. The zero-order valence-corrected chi connectivity index (χ0v) is 10.6. The fourth-order valence-electron chi connectivity index (χ4n) is 1.58. The number of carbonyl (C=O) groups is 1. The molecule has 2 nitrogen and oxygen atoms in total. The lowest BCUT2D eigenvalue weighted by atomic mass is 10.2. The van der Waals surface area contributed by atoms with E-state index >= 15 is 0 Å². The summed E-state index contributed by atoms with van der Waals surface area (Å²) in [6, 6.07) is 9.68. The van der Waals surface area contributed by atoms with Crippen LogP contribution in [0.25, 0.3) is 0 Å². The number of thioether (sulfide) groups is 1. The monoisotopic (exact) mass is 280 g/mol. The van der Waals surface area contributed by atoms with Gasteiger partial charge in [-0.15, -0.1) is 11.8 Å². The molecule has 0 amide bonds. The highest BCUT2D eigenvalue weighted by molar-refractivity contribution is 7.98. The molecule has 98 valence electrons. The molecule has 19 heavy (non-hydrogen) atoms. The van der Waals surface area contributed by atoms with Gasteiger partial charge in [0.15, 0.2) is 0 Å². The van der Waals surface area contributed by atoms with Crippen molar-refractivity contribution >= 4 is 17.7 Å². The molecule has 0 aliphatic rings. The van der Waals surface area contributed by atoms with Crippen LogP contribution in [0.4, 0.5) is 8.78 Å². The lowest BCUT2D eigenvalue weighted by molar-refractivity contribution is 0.0693. The predicted molar refractivity (Wildman–Crippen MR) is 69.3 cm³/mol. The predicted octanol–water partition coefficient (Wildman–Crippen LogP) is 3.96. The van der Waals surface area contributed by atoms with E-state index < -0.39 is 17.6 Å². The number of hydrogen-bond donors (Lipinski definition) is 1. The smallest absolute Gasteiger partial charge is 0.336 e. The molecule has 1 N–H and O–H groups in total. The molecule has 0 fully saturated rings. The van der Waals surface area contributed by atoms with Gasteiger partial charge in [-0.2, -0.15) is 0 Å². The highest BCUT2D eigenvalue weighted by Gasteiger charge is 2.11. The van der Waals surface area contributed by atoms with Crippen molar-refractivity contribution in [2.75, 3.05) is 0 Å². The molecule has 0 spiro atoms. The van der Waals surface area contributed by atoms with E-state index in [4.69, 9.17) is 5.11 Å². The zero-order valence-electron chi connectivity index (χ0n) is 9.77. The van der Waals surface area contributed by atoms with Crippen LogP contribution < -0.4 is 0 Å². The van der Waals surface area contributed by atoms with Gasteiger partial charge in [0.05, 0.1) is 5.56 Å². The minimum absolute atomic E-state index is 0.157. The van der Waals surface area contributed by atoms with Crippen LogP contribution in [-0.2, 0) is 5.75 Å². The van der Waals surface area contributed by atoms with Gasteiger partial charge in [0.1, 0.15) is 11.6 Å². The van der Waals surface area contributed by atoms with Gasteiger partial charge >= 0.3 is 5.97 Å². The molecule has 2 aromatic rings. The molecular weight excluding hydrogens is 270 g/mol. The average molecular weight is 280 g/mol. The van der Waals surface area contributed by atoms with Crippen LogP contribution in [0.2, 0.25) is 0 Å². The van der Waals surface area contributed by atoms with Crippen LogP contribution >= 0.6 is 11.8 Å². The first kappa shape index (κ1) is 13.5. The summed E-state index contributed by atoms with van der Waals surface area (Å²) in [4.78, 5) is 11.5. The van der Waals surface area contributed by atoms with Gasteiger partial charge in [-0.3, -0.25) is 0 Å². The fraction of sp³-hybridized carbons (Fsp3) is 0.0714. The summed E-state index contributed by atoms with van der Waals surface area (Å²) in [6.45, 7) is 0. The molecular formula is C14H10F2O2S. The quantitative estimate of drug-likeness (QED) is 0.861. The third kappa shape index (κ3) is 3.32. The number of hydrogen-bond acceptors (Lipinski definition) is 2. The van der Waals surface area contributed by atoms with Crippen LogP contribution in [0.1, 0.15) is 15.9 Å². The van der Waals surface area contributed by atoms with Gasteiger partial charge in [-0.05, 0) is 30.3 Å². The summed E-state index contributed by atoms with van der Waals surface area (Å²) >= 11 is 1.16. The third-order valence-corrected chi connectivity index (χ3v) is 3.63. The number of aromatic carboxylic acids is 1. The second-order valence-electron chi connectivity index (χ2n) is 3.83. The molecule has 2 aromatic carbocycles. The van der Waals surface area contributed by atoms with Crippen molar-refractivity contribution in [2.45, 2.75) is 10.6 Å². The van der Waals surface area contributed by atoms with E-state index in [1.54, 1.807) is 18.2 Å². The molecule has 0 aliphatic carbocycles. The van der Waals surface area contributed by atoms with Crippen molar-refractivity contribution in [3.05, 3.63) is 65.2 Å². The summed E-state index contributed by atoms with van der Waals surface area (Å²) in [6.07, 6.45) is 0. The van der Waals surface area contributed by atoms with E-state index in [1.807, 2.05) is 0 Å². The largest absolute Gasteiger partial charge is 0.478 e. The van der Waals surface area contributed by atoms with Gasteiger partial charge in [0, 0.05) is 16.2 Å². The standard InChI is InChI=1S/C14H10F2O2S/c15-10-5-6-12(16)9(7-10)8-19-13-4-2-1-3-11(13)14(17)18/h1-7H,8H2,(H,17,18). The summed E-state index contributed by atoms with van der Waals surface area (Å²) in [7, 11) is 0. The average Bonchev–Trinajstić information content (AvgIpc) is 2.40. The van der Waals surface area contributed by atoms with Gasteiger partial charge in [0.2, 0.25) is 0 Å². The number of carboxylic acids is 1. The first-order chi connectivity index (χ1) is 9.08. The maximum Gasteiger partial charge on any atom is 0.336 e. The van der Waals surface area contributed by atoms with Crippen LogP contribution in [0, 0.1) is 11.6 Å². The molecule has 0 saturated heterocycles. The third-order valence-electron chi connectivity index (χ3n) is 2.51. The molecule has 0 radical (unpaired) electrons. The molecule has 0 aliphatic heterocycles. The Morgan fingerprint density at radius 2 is 1.89 bits per heavy atom. The van der Waals surface area contributed by atoms with Gasteiger partial charge in [0.25, 0.3) is 0 Å². The van der Waals surface area contributed by atoms with Crippen LogP contribution in [0.3, 0.4) is 0 Å².